The lowest BCUT2D eigenvalue weighted by Gasteiger charge is -2.06. The SMILES string of the molecule is Cc1c2n(c3ccccc13)CC(=Cc1ccc(C(F)(F)F)cc1)C2=O. The van der Waals surface area contributed by atoms with Crippen LogP contribution in [0.4, 0.5) is 13.2 Å². The zero-order valence-electron chi connectivity index (χ0n) is 13.4. The van der Waals surface area contributed by atoms with Gasteiger partial charge in [0.25, 0.3) is 0 Å². The van der Waals surface area contributed by atoms with Gasteiger partial charge in [0.15, 0.2) is 0 Å². The van der Waals surface area contributed by atoms with Gasteiger partial charge in [-0.1, -0.05) is 30.3 Å². The third-order valence-electron chi connectivity index (χ3n) is 4.64. The van der Waals surface area contributed by atoms with E-state index >= 15 is 0 Å². The van der Waals surface area contributed by atoms with Crippen molar-refractivity contribution in [2.45, 2.75) is 19.6 Å². The first kappa shape index (κ1) is 15.7. The van der Waals surface area contributed by atoms with Crippen LogP contribution >= 0.6 is 0 Å². The van der Waals surface area contributed by atoms with Crippen molar-refractivity contribution >= 4 is 22.8 Å². The molecule has 1 aliphatic rings. The summed E-state index contributed by atoms with van der Waals surface area (Å²) in [6.07, 6.45) is -2.69. The van der Waals surface area contributed by atoms with Gasteiger partial charge in [0.1, 0.15) is 0 Å². The molecule has 2 heterocycles. The molecule has 2 nitrogen and oxygen atoms in total. The first-order chi connectivity index (χ1) is 11.9. The summed E-state index contributed by atoms with van der Waals surface area (Å²) in [5.41, 5.74) is 3.09. The maximum Gasteiger partial charge on any atom is 0.416 e. The first-order valence-electron chi connectivity index (χ1n) is 7.86. The van der Waals surface area contributed by atoms with Gasteiger partial charge in [-0.25, -0.2) is 0 Å². The summed E-state index contributed by atoms with van der Waals surface area (Å²) in [5, 5.41) is 1.06. The van der Waals surface area contributed by atoms with Crippen LogP contribution in [0.1, 0.15) is 27.2 Å². The van der Waals surface area contributed by atoms with Crippen molar-refractivity contribution < 1.29 is 18.0 Å². The number of fused-ring (bicyclic) bond motifs is 3. The van der Waals surface area contributed by atoms with Crippen LogP contribution in [0.25, 0.3) is 17.0 Å². The number of para-hydroxylation sites is 1. The predicted octanol–water partition coefficient (Wildman–Crippen LogP) is 5.25. The second-order valence-corrected chi connectivity index (χ2v) is 6.20. The molecule has 2 aromatic carbocycles. The van der Waals surface area contributed by atoms with E-state index < -0.39 is 11.7 Å². The Hall–Kier alpha value is -2.82. The average Bonchev–Trinajstić information content (AvgIpc) is 3.04. The summed E-state index contributed by atoms with van der Waals surface area (Å²) in [7, 11) is 0. The molecule has 0 aliphatic carbocycles. The number of rotatable bonds is 1. The molecule has 25 heavy (non-hydrogen) atoms. The number of allylic oxidation sites excluding steroid dienone is 1. The monoisotopic (exact) mass is 341 g/mol. The Labute approximate surface area is 142 Å². The fourth-order valence-electron chi connectivity index (χ4n) is 3.41. The minimum absolute atomic E-state index is 0.0615. The average molecular weight is 341 g/mol. The van der Waals surface area contributed by atoms with Crippen LogP contribution in [-0.2, 0) is 12.7 Å². The van der Waals surface area contributed by atoms with Crippen LogP contribution in [0.3, 0.4) is 0 Å². The van der Waals surface area contributed by atoms with Gasteiger partial charge in [0.05, 0.1) is 17.8 Å². The number of aryl methyl sites for hydroxylation is 1. The highest BCUT2D eigenvalue weighted by Crippen LogP contribution is 2.34. The molecule has 0 saturated heterocycles. The van der Waals surface area contributed by atoms with E-state index in [0.29, 0.717) is 23.4 Å². The van der Waals surface area contributed by atoms with E-state index in [0.717, 1.165) is 28.6 Å². The second-order valence-electron chi connectivity index (χ2n) is 6.20. The molecule has 3 aromatic rings. The predicted molar refractivity (Wildman–Crippen MR) is 90.4 cm³/mol. The van der Waals surface area contributed by atoms with Crippen LogP contribution in [0.2, 0.25) is 0 Å². The summed E-state index contributed by atoms with van der Waals surface area (Å²) in [4.78, 5) is 12.7. The molecule has 4 rings (SSSR count). The number of Topliss-reactive ketones (excluding diaryl/α,β-unsaturated/α-hetero) is 1. The molecule has 0 spiro atoms. The molecule has 0 N–H and O–H groups in total. The molecule has 0 bridgehead atoms. The van der Waals surface area contributed by atoms with Crippen molar-refractivity contribution in [1.29, 1.82) is 0 Å². The Morgan fingerprint density at radius 2 is 1.72 bits per heavy atom. The summed E-state index contributed by atoms with van der Waals surface area (Å²) in [5.74, 6) is -0.0615. The highest BCUT2D eigenvalue weighted by Gasteiger charge is 2.31. The van der Waals surface area contributed by atoms with Crippen molar-refractivity contribution in [2.24, 2.45) is 0 Å². The fourth-order valence-corrected chi connectivity index (χ4v) is 3.41. The van der Waals surface area contributed by atoms with E-state index in [2.05, 4.69) is 0 Å². The van der Waals surface area contributed by atoms with Gasteiger partial charge in [-0.2, -0.15) is 13.2 Å². The van der Waals surface area contributed by atoms with E-state index in [4.69, 9.17) is 0 Å². The molecule has 0 amide bonds. The van der Waals surface area contributed by atoms with Crippen molar-refractivity contribution in [3.05, 3.63) is 76.5 Å². The number of halogens is 3. The minimum atomic E-state index is -4.36. The Morgan fingerprint density at radius 3 is 2.40 bits per heavy atom. The number of alkyl halides is 3. The van der Waals surface area contributed by atoms with Crippen LogP contribution in [0, 0.1) is 6.92 Å². The van der Waals surface area contributed by atoms with E-state index in [-0.39, 0.29) is 5.78 Å². The van der Waals surface area contributed by atoms with Gasteiger partial charge < -0.3 is 4.57 Å². The summed E-state index contributed by atoms with van der Waals surface area (Å²) >= 11 is 0. The van der Waals surface area contributed by atoms with E-state index in [9.17, 15) is 18.0 Å². The smallest absolute Gasteiger partial charge is 0.333 e. The first-order valence-corrected chi connectivity index (χ1v) is 7.86. The van der Waals surface area contributed by atoms with Gasteiger partial charge in [-0.05, 0) is 42.3 Å². The molecular formula is C20H14F3NO. The second kappa shape index (κ2) is 5.34. The van der Waals surface area contributed by atoms with Crippen LogP contribution < -0.4 is 0 Å². The highest BCUT2D eigenvalue weighted by molar-refractivity contribution is 6.16. The molecule has 1 aliphatic heterocycles. The summed E-state index contributed by atoms with van der Waals surface area (Å²) in [6, 6.07) is 12.7. The molecular weight excluding hydrogens is 327 g/mol. The maximum atomic E-state index is 12.7. The number of nitrogens with zero attached hydrogens (tertiary/aromatic N) is 1. The van der Waals surface area contributed by atoms with Gasteiger partial charge >= 0.3 is 6.18 Å². The third-order valence-corrected chi connectivity index (χ3v) is 4.64. The van der Waals surface area contributed by atoms with Crippen molar-refractivity contribution in [3.8, 4) is 0 Å². The lowest BCUT2D eigenvalue weighted by molar-refractivity contribution is -0.137. The molecule has 0 fully saturated rings. The van der Waals surface area contributed by atoms with Gasteiger partial charge in [0.2, 0.25) is 5.78 Å². The Balaban J connectivity index is 1.72. The zero-order chi connectivity index (χ0) is 17.8. The number of hydrogen-bond donors (Lipinski definition) is 0. The Bertz CT molecular complexity index is 1020. The molecule has 126 valence electrons. The van der Waals surface area contributed by atoms with E-state index in [1.54, 1.807) is 6.08 Å². The number of aromatic nitrogens is 1. The lowest BCUT2D eigenvalue weighted by atomic mass is 10.0. The maximum absolute atomic E-state index is 12.7. The lowest BCUT2D eigenvalue weighted by Crippen LogP contribution is -2.04. The van der Waals surface area contributed by atoms with Crippen LogP contribution in [0.5, 0.6) is 0 Å². The van der Waals surface area contributed by atoms with Crippen molar-refractivity contribution in [3.63, 3.8) is 0 Å². The van der Waals surface area contributed by atoms with Gasteiger partial charge in [0, 0.05) is 16.5 Å². The fraction of sp³-hybridized carbons (Fsp3) is 0.150. The largest absolute Gasteiger partial charge is 0.416 e. The molecule has 0 saturated carbocycles. The normalized spacial score (nSPS) is 16.0. The summed E-state index contributed by atoms with van der Waals surface area (Å²) < 4.78 is 39.9. The molecule has 0 radical (unpaired) electrons. The topological polar surface area (TPSA) is 22.0 Å². The minimum Gasteiger partial charge on any atom is -0.333 e. The standard InChI is InChI=1S/C20H14F3NO/c1-12-16-4-2-3-5-17(16)24-11-14(19(25)18(12)24)10-13-6-8-15(9-7-13)20(21,22)23/h2-10H,11H2,1H3. The molecule has 5 heteroatoms. The number of carbonyl (C=O) groups is 1. The number of carbonyl (C=O) groups excluding carboxylic acids is 1. The Kier molecular flexibility index (Phi) is 3.35. The molecule has 0 atom stereocenters. The molecule has 0 unspecified atom stereocenters. The van der Waals surface area contributed by atoms with Crippen LogP contribution in [0.15, 0.2) is 54.1 Å². The van der Waals surface area contributed by atoms with E-state index in [1.165, 1.54) is 12.1 Å². The molecule has 1 aromatic heterocycles. The highest BCUT2D eigenvalue weighted by atomic mass is 19.4. The van der Waals surface area contributed by atoms with Crippen LogP contribution in [-0.4, -0.2) is 10.4 Å². The van der Waals surface area contributed by atoms with Gasteiger partial charge in [-0.3, -0.25) is 4.79 Å². The summed E-state index contributed by atoms with van der Waals surface area (Å²) in [6.45, 7) is 2.36. The number of hydrogen-bond acceptors (Lipinski definition) is 1. The van der Waals surface area contributed by atoms with Gasteiger partial charge in [-0.15, -0.1) is 0 Å². The Morgan fingerprint density at radius 1 is 1.04 bits per heavy atom. The third kappa shape index (κ3) is 2.47. The quantitative estimate of drug-likeness (QED) is 0.554. The number of benzene rings is 2. The van der Waals surface area contributed by atoms with E-state index in [1.807, 2.05) is 35.8 Å². The number of ketones is 1. The zero-order valence-corrected chi connectivity index (χ0v) is 13.4. The van der Waals surface area contributed by atoms with Crippen molar-refractivity contribution in [1.82, 2.24) is 4.57 Å². The van der Waals surface area contributed by atoms with Crippen molar-refractivity contribution in [2.75, 3.05) is 0 Å².